The van der Waals surface area contributed by atoms with E-state index < -0.39 is 0 Å². The molecular formula is C8H9BrClNO2. The molecule has 0 aliphatic rings. The van der Waals surface area contributed by atoms with Crippen molar-refractivity contribution in [1.82, 2.24) is 5.32 Å². The Morgan fingerprint density at radius 1 is 1.85 bits per heavy atom. The van der Waals surface area contributed by atoms with Gasteiger partial charge in [-0.25, -0.2) is 0 Å². The quantitative estimate of drug-likeness (QED) is 0.854. The normalized spacial score (nSPS) is 12.5. The van der Waals surface area contributed by atoms with E-state index in [2.05, 4.69) is 21.2 Å². The minimum atomic E-state index is -0.218. The number of carbonyl (C=O) groups is 1. The zero-order valence-electron chi connectivity index (χ0n) is 7.01. The van der Waals surface area contributed by atoms with Crippen LogP contribution in [0.4, 0.5) is 0 Å². The molecule has 72 valence electrons. The Balaban J connectivity index is 2.54. The van der Waals surface area contributed by atoms with Crippen LogP contribution in [0, 0.1) is 0 Å². The Labute approximate surface area is 89.6 Å². The summed E-state index contributed by atoms with van der Waals surface area (Å²) in [5.74, 6) is -0.218. The highest BCUT2D eigenvalue weighted by atomic mass is 79.9. The smallest absolute Gasteiger partial charge is 0.256 e. The number of rotatable bonds is 3. The van der Waals surface area contributed by atoms with Crippen LogP contribution in [0.1, 0.15) is 17.3 Å². The van der Waals surface area contributed by atoms with Gasteiger partial charge in [0.2, 0.25) is 5.22 Å². The van der Waals surface area contributed by atoms with Gasteiger partial charge >= 0.3 is 0 Å². The molecule has 1 aromatic heterocycles. The van der Waals surface area contributed by atoms with E-state index in [4.69, 9.17) is 16.0 Å². The second-order valence-corrected chi connectivity index (χ2v) is 4.51. The number of carbonyl (C=O) groups excluding carboxylic acids is 1. The lowest BCUT2D eigenvalue weighted by atomic mass is 10.3. The minimum absolute atomic E-state index is 0.125. The van der Waals surface area contributed by atoms with E-state index in [1.54, 1.807) is 0 Å². The Bertz CT molecular complexity index is 298. The Morgan fingerprint density at radius 3 is 3.00 bits per heavy atom. The van der Waals surface area contributed by atoms with Crippen molar-refractivity contribution in [2.45, 2.75) is 11.8 Å². The molecule has 3 nitrogen and oxygen atoms in total. The average Bonchev–Trinajstić information content (AvgIpc) is 2.47. The number of amides is 1. The van der Waals surface area contributed by atoms with Crippen LogP contribution in [-0.4, -0.2) is 17.3 Å². The van der Waals surface area contributed by atoms with Gasteiger partial charge in [-0.2, -0.15) is 0 Å². The van der Waals surface area contributed by atoms with E-state index in [1.165, 1.54) is 12.3 Å². The highest BCUT2D eigenvalue weighted by Gasteiger charge is 2.12. The van der Waals surface area contributed by atoms with Gasteiger partial charge in [0.1, 0.15) is 0 Å². The SMILES string of the molecule is CC(Br)CNC(=O)c1ccoc1Cl. The van der Waals surface area contributed by atoms with E-state index in [0.717, 1.165) is 0 Å². The molecule has 1 atom stereocenters. The summed E-state index contributed by atoms with van der Waals surface area (Å²) in [4.78, 5) is 11.6. The molecule has 1 aromatic rings. The zero-order chi connectivity index (χ0) is 9.84. The number of hydrogen-bond acceptors (Lipinski definition) is 2. The highest BCUT2D eigenvalue weighted by Crippen LogP contribution is 2.16. The number of halogens is 2. The molecule has 0 saturated heterocycles. The van der Waals surface area contributed by atoms with Crippen molar-refractivity contribution in [1.29, 1.82) is 0 Å². The summed E-state index contributed by atoms with van der Waals surface area (Å²) in [5, 5.41) is 2.82. The van der Waals surface area contributed by atoms with Gasteiger partial charge in [-0.1, -0.05) is 22.9 Å². The van der Waals surface area contributed by atoms with Crippen molar-refractivity contribution in [3.63, 3.8) is 0 Å². The molecule has 0 saturated carbocycles. The van der Waals surface area contributed by atoms with Crippen LogP contribution in [-0.2, 0) is 0 Å². The monoisotopic (exact) mass is 265 g/mol. The standard InChI is InChI=1S/C8H9BrClNO2/c1-5(9)4-11-8(12)6-2-3-13-7(6)10/h2-3,5H,4H2,1H3,(H,11,12). The van der Waals surface area contributed by atoms with Crippen molar-refractivity contribution in [2.75, 3.05) is 6.54 Å². The van der Waals surface area contributed by atoms with E-state index >= 15 is 0 Å². The van der Waals surface area contributed by atoms with E-state index in [9.17, 15) is 4.79 Å². The van der Waals surface area contributed by atoms with Crippen LogP contribution in [0.25, 0.3) is 0 Å². The number of alkyl halides is 1. The first-order chi connectivity index (χ1) is 6.11. The molecule has 5 heteroatoms. The van der Waals surface area contributed by atoms with Gasteiger partial charge in [-0.3, -0.25) is 4.79 Å². The maximum Gasteiger partial charge on any atom is 0.256 e. The van der Waals surface area contributed by atoms with Crippen molar-refractivity contribution in [2.24, 2.45) is 0 Å². The maximum absolute atomic E-state index is 11.4. The first-order valence-corrected chi connectivity index (χ1v) is 5.06. The molecule has 0 aliphatic heterocycles. The van der Waals surface area contributed by atoms with Gasteiger partial charge in [0.15, 0.2) is 0 Å². The second-order valence-electron chi connectivity index (χ2n) is 2.60. The van der Waals surface area contributed by atoms with Gasteiger partial charge in [0.25, 0.3) is 5.91 Å². The third-order valence-electron chi connectivity index (χ3n) is 1.41. The Kier molecular flexibility index (Phi) is 3.81. The van der Waals surface area contributed by atoms with Gasteiger partial charge in [0, 0.05) is 11.4 Å². The molecule has 1 heterocycles. The first-order valence-electron chi connectivity index (χ1n) is 3.76. The lowest BCUT2D eigenvalue weighted by Gasteiger charge is -2.04. The number of nitrogens with one attached hydrogen (secondary N) is 1. The second kappa shape index (κ2) is 4.67. The van der Waals surface area contributed by atoms with E-state index in [1.807, 2.05) is 6.92 Å². The molecule has 0 aromatic carbocycles. The highest BCUT2D eigenvalue weighted by molar-refractivity contribution is 9.09. The summed E-state index contributed by atoms with van der Waals surface area (Å²) in [5.41, 5.74) is 0.370. The van der Waals surface area contributed by atoms with E-state index in [0.29, 0.717) is 12.1 Å². The largest absolute Gasteiger partial charge is 0.452 e. The minimum Gasteiger partial charge on any atom is -0.452 e. The molecule has 0 radical (unpaired) electrons. The van der Waals surface area contributed by atoms with Crippen molar-refractivity contribution in [3.8, 4) is 0 Å². The lowest BCUT2D eigenvalue weighted by molar-refractivity contribution is 0.0954. The average molecular weight is 267 g/mol. The van der Waals surface area contributed by atoms with Gasteiger partial charge in [-0.05, 0) is 17.7 Å². The number of furan rings is 1. The summed E-state index contributed by atoms with van der Waals surface area (Å²) in [7, 11) is 0. The fourth-order valence-electron chi connectivity index (χ4n) is 0.784. The molecule has 1 amide bonds. The van der Waals surface area contributed by atoms with Gasteiger partial charge in [-0.15, -0.1) is 0 Å². The van der Waals surface area contributed by atoms with Crippen LogP contribution >= 0.6 is 27.5 Å². The van der Waals surface area contributed by atoms with Crippen LogP contribution in [0.2, 0.25) is 5.22 Å². The maximum atomic E-state index is 11.4. The third kappa shape index (κ3) is 3.04. The summed E-state index contributed by atoms with van der Waals surface area (Å²) >= 11 is 8.92. The van der Waals surface area contributed by atoms with Crippen molar-refractivity contribution in [3.05, 3.63) is 23.1 Å². The van der Waals surface area contributed by atoms with Crippen molar-refractivity contribution < 1.29 is 9.21 Å². The lowest BCUT2D eigenvalue weighted by Crippen LogP contribution is -2.28. The fourth-order valence-corrected chi connectivity index (χ4v) is 1.15. The predicted molar refractivity (Wildman–Crippen MR) is 54.4 cm³/mol. The summed E-state index contributed by atoms with van der Waals surface area (Å²) in [6, 6.07) is 1.54. The topological polar surface area (TPSA) is 42.2 Å². The molecule has 1 N–H and O–H groups in total. The predicted octanol–water partition coefficient (Wildman–Crippen LogP) is 2.45. The fraction of sp³-hybridized carbons (Fsp3) is 0.375. The van der Waals surface area contributed by atoms with Crippen molar-refractivity contribution >= 4 is 33.4 Å². The van der Waals surface area contributed by atoms with E-state index in [-0.39, 0.29) is 16.0 Å². The molecule has 0 spiro atoms. The molecular weight excluding hydrogens is 257 g/mol. The summed E-state index contributed by atoms with van der Waals surface area (Å²) < 4.78 is 4.79. The summed E-state index contributed by atoms with van der Waals surface area (Å²) in [6.45, 7) is 2.50. The summed E-state index contributed by atoms with van der Waals surface area (Å²) in [6.07, 6.45) is 1.38. The first kappa shape index (κ1) is 10.6. The van der Waals surface area contributed by atoms with Crippen LogP contribution in [0.3, 0.4) is 0 Å². The molecule has 0 aliphatic carbocycles. The van der Waals surface area contributed by atoms with Gasteiger partial charge in [0.05, 0.1) is 11.8 Å². The molecule has 13 heavy (non-hydrogen) atoms. The van der Waals surface area contributed by atoms with Crippen LogP contribution < -0.4 is 5.32 Å². The van der Waals surface area contributed by atoms with Gasteiger partial charge < -0.3 is 9.73 Å². The molecule has 0 bridgehead atoms. The van der Waals surface area contributed by atoms with Crippen LogP contribution in [0.15, 0.2) is 16.7 Å². The zero-order valence-corrected chi connectivity index (χ0v) is 9.35. The number of hydrogen-bond donors (Lipinski definition) is 1. The third-order valence-corrected chi connectivity index (χ3v) is 2.02. The molecule has 1 rings (SSSR count). The Morgan fingerprint density at radius 2 is 2.54 bits per heavy atom. The molecule has 1 unspecified atom stereocenters. The van der Waals surface area contributed by atoms with Crippen LogP contribution in [0.5, 0.6) is 0 Å². The molecule has 0 fully saturated rings. The Hall–Kier alpha value is -0.480.